The van der Waals surface area contributed by atoms with Crippen molar-refractivity contribution in [3.8, 4) is 0 Å². The molecule has 3 rings (SSSR count). The van der Waals surface area contributed by atoms with Crippen LogP contribution in [0.15, 0.2) is 52.6 Å². The predicted octanol–water partition coefficient (Wildman–Crippen LogP) is 3.25. The molecule has 0 amide bonds. The molecule has 0 atom stereocenters. The lowest BCUT2D eigenvalue weighted by Gasteiger charge is -2.09. The van der Waals surface area contributed by atoms with Gasteiger partial charge in [0.15, 0.2) is 10.8 Å². The third-order valence-corrected chi connectivity index (χ3v) is 4.47. The molecule has 1 aromatic carbocycles. The van der Waals surface area contributed by atoms with Gasteiger partial charge >= 0.3 is 0 Å². The normalized spacial score (nSPS) is 11.1. The van der Waals surface area contributed by atoms with E-state index < -0.39 is 0 Å². The molecular weight excluding hydrogens is 292 g/mol. The smallest absolute Gasteiger partial charge is 0.200 e. The van der Waals surface area contributed by atoms with Crippen molar-refractivity contribution in [2.75, 3.05) is 7.05 Å². The summed E-state index contributed by atoms with van der Waals surface area (Å²) in [4.78, 5) is 1.02. The number of nitrogens with one attached hydrogen (secondary N) is 1. The van der Waals surface area contributed by atoms with E-state index in [9.17, 15) is 0 Å². The van der Waals surface area contributed by atoms with Crippen LogP contribution in [0, 0.1) is 0 Å². The van der Waals surface area contributed by atoms with Gasteiger partial charge < -0.3 is 5.32 Å². The van der Waals surface area contributed by atoms with Crippen molar-refractivity contribution in [2.45, 2.75) is 16.6 Å². The van der Waals surface area contributed by atoms with Gasteiger partial charge in [-0.2, -0.15) is 0 Å². The van der Waals surface area contributed by atoms with Gasteiger partial charge in [-0.3, -0.25) is 4.40 Å². The fourth-order valence-corrected chi connectivity index (χ4v) is 3.24. The Morgan fingerprint density at radius 3 is 2.95 bits per heavy atom. The molecule has 0 saturated carbocycles. The predicted molar refractivity (Wildman–Crippen MR) is 81.3 cm³/mol. The summed E-state index contributed by atoms with van der Waals surface area (Å²) in [6.07, 6.45) is 1.95. The van der Waals surface area contributed by atoms with Crippen LogP contribution in [0.1, 0.15) is 5.56 Å². The first kappa shape index (κ1) is 13.4. The molecule has 2 aromatic heterocycles. The minimum atomic E-state index is 0.732. The lowest BCUT2D eigenvalue weighted by atomic mass is 10.2. The van der Waals surface area contributed by atoms with E-state index in [4.69, 9.17) is 11.6 Å². The number of halogens is 1. The molecule has 0 aliphatic rings. The zero-order valence-electron chi connectivity index (χ0n) is 10.9. The molecule has 3 aromatic rings. The van der Waals surface area contributed by atoms with Crippen molar-refractivity contribution < 1.29 is 0 Å². The molecule has 0 aliphatic heterocycles. The Balaban J connectivity index is 2.02. The summed E-state index contributed by atoms with van der Waals surface area (Å²) in [7, 11) is 1.92. The summed E-state index contributed by atoms with van der Waals surface area (Å²) in [5.41, 5.74) is 1.98. The molecule has 1 N–H and O–H groups in total. The topological polar surface area (TPSA) is 42.2 Å². The summed E-state index contributed by atoms with van der Waals surface area (Å²) < 4.78 is 1.96. The fourth-order valence-electron chi connectivity index (χ4n) is 1.98. The minimum absolute atomic E-state index is 0.732. The summed E-state index contributed by atoms with van der Waals surface area (Å²) in [6.45, 7) is 0.764. The van der Waals surface area contributed by atoms with E-state index in [-0.39, 0.29) is 0 Å². The van der Waals surface area contributed by atoms with E-state index in [2.05, 4.69) is 21.6 Å². The molecule has 6 heteroatoms. The number of hydrogen-bond donors (Lipinski definition) is 1. The molecule has 20 heavy (non-hydrogen) atoms. The molecule has 0 bridgehead atoms. The van der Waals surface area contributed by atoms with Gasteiger partial charge in [0.05, 0.1) is 5.02 Å². The zero-order chi connectivity index (χ0) is 13.9. The van der Waals surface area contributed by atoms with Crippen LogP contribution in [0.5, 0.6) is 0 Å². The Labute approximate surface area is 126 Å². The van der Waals surface area contributed by atoms with Gasteiger partial charge in [-0.05, 0) is 42.6 Å². The number of benzene rings is 1. The Morgan fingerprint density at radius 1 is 1.20 bits per heavy atom. The zero-order valence-corrected chi connectivity index (χ0v) is 12.4. The van der Waals surface area contributed by atoms with Gasteiger partial charge in [0.2, 0.25) is 0 Å². The van der Waals surface area contributed by atoms with E-state index in [1.807, 2.05) is 48.0 Å². The maximum Gasteiger partial charge on any atom is 0.200 e. The quantitative estimate of drug-likeness (QED) is 0.803. The fraction of sp³-hybridized carbons (Fsp3) is 0.143. The first-order valence-electron chi connectivity index (χ1n) is 6.19. The van der Waals surface area contributed by atoms with E-state index in [1.54, 1.807) is 0 Å². The summed E-state index contributed by atoms with van der Waals surface area (Å²) in [5.74, 6) is 0. The third kappa shape index (κ3) is 2.52. The number of hydrogen-bond acceptors (Lipinski definition) is 4. The largest absolute Gasteiger partial charge is 0.316 e. The average molecular weight is 305 g/mol. The molecule has 2 heterocycles. The number of aromatic nitrogens is 3. The molecule has 0 spiro atoms. The number of nitrogens with zero attached hydrogens (tertiary/aromatic N) is 3. The lowest BCUT2D eigenvalue weighted by molar-refractivity contribution is 0.802. The van der Waals surface area contributed by atoms with Crippen molar-refractivity contribution in [3.63, 3.8) is 0 Å². The SMILES string of the molecule is CNCc1cccc(Cl)c1Sc1nnc2ccccn12. The molecule has 0 radical (unpaired) electrons. The second-order valence-corrected chi connectivity index (χ2v) is 5.66. The van der Waals surface area contributed by atoms with Gasteiger partial charge in [-0.1, -0.05) is 29.8 Å². The molecule has 0 fully saturated rings. The molecular formula is C14H13ClN4S. The van der Waals surface area contributed by atoms with Crippen molar-refractivity contribution in [1.29, 1.82) is 0 Å². The molecule has 102 valence electrons. The Hall–Kier alpha value is -1.56. The van der Waals surface area contributed by atoms with E-state index >= 15 is 0 Å². The number of pyridine rings is 1. The Morgan fingerprint density at radius 2 is 2.10 bits per heavy atom. The van der Waals surface area contributed by atoms with Crippen molar-refractivity contribution in [2.24, 2.45) is 0 Å². The van der Waals surface area contributed by atoms with Gasteiger partial charge in [0, 0.05) is 17.6 Å². The van der Waals surface area contributed by atoms with Crippen LogP contribution >= 0.6 is 23.4 Å². The standard InChI is InChI=1S/C14H13ClN4S/c1-16-9-10-5-4-6-11(15)13(10)20-14-18-17-12-7-2-3-8-19(12)14/h2-8,16H,9H2,1H3. The van der Waals surface area contributed by atoms with Gasteiger partial charge in [0.1, 0.15) is 0 Å². The summed E-state index contributed by atoms with van der Waals surface area (Å²) >= 11 is 7.86. The summed E-state index contributed by atoms with van der Waals surface area (Å²) in [6, 6.07) is 11.8. The second-order valence-electron chi connectivity index (χ2n) is 4.27. The van der Waals surface area contributed by atoms with Crippen molar-refractivity contribution in [1.82, 2.24) is 19.9 Å². The molecule has 4 nitrogen and oxygen atoms in total. The van der Waals surface area contributed by atoms with Crippen LogP contribution in [0.25, 0.3) is 5.65 Å². The molecule has 0 unspecified atom stereocenters. The van der Waals surface area contributed by atoms with E-state index in [1.165, 1.54) is 11.8 Å². The Kier molecular flexibility index (Phi) is 3.91. The van der Waals surface area contributed by atoms with E-state index in [0.29, 0.717) is 0 Å². The van der Waals surface area contributed by atoms with Gasteiger partial charge in [0.25, 0.3) is 0 Å². The molecule has 0 aliphatic carbocycles. The second kappa shape index (κ2) is 5.83. The lowest BCUT2D eigenvalue weighted by Crippen LogP contribution is -2.06. The van der Waals surface area contributed by atoms with Gasteiger partial charge in [-0.15, -0.1) is 10.2 Å². The van der Waals surface area contributed by atoms with E-state index in [0.717, 1.165) is 32.8 Å². The third-order valence-electron chi connectivity index (χ3n) is 2.89. The van der Waals surface area contributed by atoms with Crippen LogP contribution < -0.4 is 5.32 Å². The maximum absolute atomic E-state index is 6.33. The highest BCUT2D eigenvalue weighted by Gasteiger charge is 2.12. The van der Waals surface area contributed by atoms with Crippen LogP contribution in [0.4, 0.5) is 0 Å². The Bertz CT molecular complexity index is 741. The van der Waals surface area contributed by atoms with Crippen LogP contribution in [-0.4, -0.2) is 21.6 Å². The van der Waals surface area contributed by atoms with Crippen LogP contribution in [-0.2, 0) is 6.54 Å². The average Bonchev–Trinajstić information content (AvgIpc) is 2.86. The first-order valence-corrected chi connectivity index (χ1v) is 7.38. The van der Waals surface area contributed by atoms with Gasteiger partial charge in [-0.25, -0.2) is 0 Å². The summed E-state index contributed by atoms with van der Waals surface area (Å²) in [5, 5.41) is 13.1. The number of fused-ring (bicyclic) bond motifs is 1. The highest BCUT2D eigenvalue weighted by atomic mass is 35.5. The molecule has 0 saturated heterocycles. The monoisotopic (exact) mass is 304 g/mol. The number of rotatable bonds is 4. The van der Waals surface area contributed by atoms with Crippen molar-refractivity contribution in [3.05, 3.63) is 53.2 Å². The van der Waals surface area contributed by atoms with Crippen LogP contribution in [0.3, 0.4) is 0 Å². The van der Waals surface area contributed by atoms with Crippen LogP contribution in [0.2, 0.25) is 5.02 Å². The highest BCUT2D eigenvalue weighted by molar-refractivity contribution is 7.99. The maximum atomic E-state index is 6.33. The first-order chi connectivity index (χ1) is 9.79. The highest BCUT2D eigenvalue weighted by Crippen LogP contribution is 2.35. The minimum Gasteiger partial charge on any atom is -0.316 e. The van der Waals surface area contributed by atoms with Crippen molar-refractivity contribution >= 4 is 29.0 Å².